The Kier molecular flexibility index (Phi) is 8.24. The van der Waals surface area contributed by atoms with Crippen molar-refractivity contribution in [1.29, 1.82) is 0 Å². The second kappa shape index (κ2) is 11.3. The zero-order valence-electron chi connectivity index (χ0n) is 18.8. The second-order valence-corrected chi connectivity index (χ2v) is 8.10. The molecule has 0 radical (unpaired) electrons. The third-order valence-electron chi connectivity index (χ3n) is 5.91. The summed E-state index contributed by atoms with van der Waals surface area (Å²) in [5, 5.41) is 14.4. The molecule has 3 N–H and O–H groups in total. The molecule has 0 aromatic heterocycles. The molecule has 0 heterocycles. The van der Waals surface area contributed by atoms with Gasteiger partial charge in [0.1, 0.15) is 12.6 Å². The van der Waals surface area contributed by atoms with Crippen LogP contribution in [-0.4, -0.2) is 41.8 Å². The van der Waals surface area contributed by atoms with Gasteiger partial charge in [-0.3, -0.25) is 4.79 Å². The molecule has 2 unspecified atom stereocenters. The molecule has 7 heteroatoms. The van der Waals surface area contributed by atoms with Crippen LogP contribution in [0.5, 0.6) is 0 Å². The predicted octanol–water partition coefficient (Wildman–Crippen LogP) is 4.23. The van der Waals surface area contributed by atoms with E-state index in [0.717, 1.165) is 22.3 Å². The summed E-state index contributed by atoms with van der Waals surface area (Å²) < 4.78 is 5.57. The number of aliphatic carboxylic acids is 1. The number of alkyl carbamates (subject to hydrolysis) is 1. The SMILES string of the molecule is C=CCC(NC(=O)CCC(CC)NC(=O)OCC1c2ccccc2-c2ccccc21)C(=O)O. The molecule has 0 bridgehead atoms. The summed E-state index contributed by atoms with van der Waals surface area (Å²) in [4.78, 5) is 35.8. The third-order valence-corrected chi connectivity index (χ3v) is 5.91. The van der Waals surface area contributed by atoms with Gasteiger partial charge in [0, 0.05) is 18.4 Å². The number of hydrogen-bond donors (Lipinski definition) is 3. The molecule has 0 saturated carbocycles. The van der Waals surface area contributed by atoms with E-state index < -0.39 is 18.1 Å². The lowest BCUT2D eigenvalue weighted by Gasteiger charge is -2.19. The summed E-state index contributed by atoms with van der Waals surface area (Å²) in [5.74, 6) is -1.50. The highest BCUT2D eigenvalue weighted by atomic mass is 16.5. The fourth-order valence-corrected chi connectivity index (χ4v) is 4.15. The Morgan fingerprint density at radius 1 is 1.06 bits per heavy atom. The first-order chi connectivity index (χ1) is 15.9. The second-order valence-electron chi connectivity index (χ2n) is 8.10. The summed E-state index contributed by atoms with van der Waals surface area (Å²) in [6, 6.07) is 15.0. The van der Waals surface area contributed by atoms with Gasteiger partial charge in [0.25, 0.3) is 0 Å². The van der Waals surface area contributed by atoms with Gasteiger partial charge in [-0.05, 0) is 41.5 Å². The Bertz CT molecular complexity index is 974. The molecule has 33 heavy (non-hydrogen) atoms. The van der Waals surface area contributed by atoms with Crippen molar-refractivity contribution in [1.82, 2.24) is 10.6 Å². The highest BCUT2D eigenvalue weighted by Gasteiger charge is 2.29. The van der Waals surface area contributed by atoms with E-state index in [4.69, 9.17) is 9.84 Å². The Morgan fingerprint density at radius 3 is 2.21 bits per heavy atom. The number of carbonyl (C=O) groups excluding carboxylic acids is 2. The van der Waals surface area contributed by atoms with Crippen LogP contribution in [0.4, 0.5) is 4.79 Å². The number of hydrogen-bond acceptors (Lipinski definition) is 4. The largest absolute Gasteiger partial charge is 0.480 e. The van der Waals surface area contributed by atoms with Crippen LogP contribution in [0.2, 0.25) is 0 Å². The maximum Gasteiger partial charge on any atom is 0.407 e. The average molecular weight is 451 g/mol. The van der Waals surface area contributed by atoms with E-state index in [9.17, 15) is 14.4 Å². The Labute approximate surface area is 193 Å². The Hall–Kier alpha value is -3.61. The standard InChI is InChI=1S/C26H30N2O5/c1-3-9-23(25(30)31)28-24(29)15-14-17(4-2)27-26(32)33-16-22-20-12-7-5-10-18(20)19-11-6-8-13-21(19)22/h3,5-8,10-13,17,22-23H,1,4,9,14-16H2,2H3,(H,27,32)(H,28,29)(H,30,31). The van der Waals surface area contributed by atoms with Crippen LogP contribution < -0.4 is 10.6 Å². The zero-order valence-corrected chi connectivity index (χ0v) is 18.8. The molecule has 0 fully saturated rings. The first kappa shape index (κ1) is 24.0. The molecular formula is C26H30N2O5. The van der Waals surface area contributed by atoms with Gasteiger partial charge in [-0.25, -0.2) is 9.59 Å². The predicted molar refractivity (Wildman–Crippen MR) is 126 cm³/mol. The summed E-state index contributed by atoms with van der Waals surface area (Å²) in [7, 11) is 0. The van der Waals surface area contributed by atoms with Crippen molar-refractivity contribution < 1.29 is 24.2 Å². The molecule has 2 amide bonds. The molecule has 2 aromatic rings. The van der Waals surface area contributed by atoms with Crippen LogP contribution in [0.3, 0.4) is 0 Å². The van der Waals surface area contributed by atoms with E-state index >= 15 is 0 Å². The molecular weight excluding hydrogens is 420 g/mol. The van der Waals surface area contributed by atoms with Crippen molar-refractivity contribution in [2.75, 3.05) is 6.61 Å². The first-order valence-electron chi connectivity index (χ1n) is 11.2. The van der Waals surface area contributed by atoms with Gasteiger partial charge in [0.15, 0.2) is 0 Å². The maximum absolute atomic E-state index is 12.5. The van der Waals surface area contributed by atoms with Crippen molar-refractivity contribution in [3.8, 4) is 11.1 Å². The summed E-state index contributed by atoms with van der Waals surface area (Å²) in [6.07, 6.45) is 2.17. The fourth-order valence-electron chi connectivity index (χ4n) is 4.15. The van der Waals surface area contributed by atoms with Crippen LogP contribution in [0.1, 0.15) is 49.7 Å². The quantitative estimate of drug-likeness (QED) is 0.445. The minimum absolute atomic E-state index is 0.0215. The van der Waals surface area contributed by atoms with Gasteiger partial charge < -0.3 is 20.5 Å². The number of carboxylic acid groups (broad SMARTS) is 1. The van der Waals surface area contributed by atoms with E-state index in [2.05, 4.69) is 41.5 Å². The molecule has 0 saturated heterocycles. The van der Waals surface area contributed by atoms with Gasteiger partial charge in [-0.1, -0.05) is 61.5 Å². The minimum atomic E-state index is -1.10. The topological polar surface area (TPSA) is 105 Å². The van der Waals surface area contributed by atoms with Crippen molar-refractivity contribution in [3.05, 3.63) is 72.3 Å². The summed E-state index contributed by atoms with van der Waals surface area (Å²) >= 11 is 0. The molecule has 1 aliphatic carbocycles. The van der Waals surface area contributed by atoms with Crippen molar-refractivity contribution in [2.24, 2.45) is 0 Å². The minimum Gasteiger partial charge on any atom is -0.480 e. The van der Waals surface area contributed by atoms with E-state index in [1.54, 1.807) is 0 Å². The molecule has 3 rings (SSSR count). The number of fused-ring (bicyclic) bond motifs is 3. The summed E-state index contributed by atoms with van der Waals surface area (Å²) in [6.45, 7) is 5.63. The third kappa shape index (κ3) is 6.00. The van der Waals surface area contributed by atoms with Crippen LogP contribution >= 0.6 is 0 Å². The number of carbonyl (C=O) groups is 3. The first-order valence-corrected chi connectivity index (χ1v) is 11.2. The molecule has 0 aliphatic heterocycles. The van der Waals surface area contributed by atoms with Crippen LogP contribution in [0, 0.1) is 0 Å². The number of amides is 2. The van der Waals surface area contributed by atoms with Gasteiger partial charge >= 0.3 is 12.1 Å². The molecule has 174 valence electrons. The highest BCUT2D eigenvalue weighted by molar-refractivity contribution is 5.83. The molecule has 2 atom stereocenters. The number of rotatable bonds is 11. The Balaban J connectivity index is 1.51. The number of nitrogens with one attached hydrogen (secondary N) is 2. The van der Waals surface area contributed by atoms with Crippen LogP contribution in [0.25, 0.3) is 11.1 Å². The monoisotopic (exact) mass is 450 g/mol. The van der Waals surface area contributed by atoms with E-state index in [1.807, 2.05) is 31.2 Å². The zero-order chi connectivity index (χ0) is 23.8. The Morgan fingerprint density at radius 2 is 1.67 bits per heavy atom. The van der Waals surface area contributed by atoms with E-state index in [-0.39, 0.29) is 37.3 Å². The lowest BCUT2D eigenvalue weighted by Crippen LogP contribution is -2.41. The fraction of sp³-hybridized carbons (Fsp3) is 0.346. The lowest BCUT2D eigenvalue weighted by molar-refractivity contribution is -0.141. The maximum atomic E-state index is 12.5. The molecule has 0 spiro atoms. The van der Waals surface area contributed by atoms with Crippen LogP contribution in [0.15, 0.2) is 61.2 Å². The van der Waals surface area contributed by atoms with Crippen molar-refractivity contribution in [2.45, 2.75) is 50.6 Å². The van der Waals surface area contributed by atoms with Gasteiger partial charge in [0.05, 0.1) is 0 Å². The molecule has 1 aliphatic rings. The number of ether oxygens (including phenoxy) is 1. The van der Waals surface area contributed by atoms with Crippen LogP contribution in [-0.2, 0) is 14.3 Å². The molecule has 2 aromatic carbocycles. The van der Waals surface area contributed by atoms with E-state index in [0.29, 0.717) is 12.8 Å². The number of carboxylic acids is 1. The van der Waals surface area contributed by atoms with Gasteiger partial charge in [0.2, 0.25) is 5.91 Å². The lowest BCUT2D eigenvalue weighted by atomic mass is 9.98. The molecule has 7 nitrogen and oxygen atoms in total. The van der Waals surface area contributed by atoms with Crippen molar-refractivity contribution in [3.63, 3.8) is 0 Å². The number of benzene rings is 2. The average Bonchev–Trinajstić information content (AvgIpc) is 3.13. The smallest absolute Gasteiger partial charge is 0.407 e. The van der Waals surface area contributed by atoms with Crippen molar-refractivity contribution >= 4 is 18.0 Å². The van der Waals surface area contributed by atoms with Gasteiger partial charge in [-0.2, -0.15) is 0 Å². The van der Waals surface area contributed by atoms with Gasteiger partial charge in [-0.15, -0.1) is 6.58 Å². The normalized spacial score (nSPS) is 13.8. The summed E-state index contributed by atoms with van der Waals surface area (Å²) in [5.41, 5.74) is 4.61. The van der Waals surface area contributed by atoms with E-state index in [1.165, 1.54) is 6.08 Å². The highest BCUT2D eigenvalue weighted by Crippen LogP contribution is 2.44.